The molecule has 2 saturated heterocycles. The van der Waals surface area contributed by atoms with Crippen LogP contribution in [-0.4, -0.2) is 43.0 Å². The Balaban J connectivity index is 1.31. The molecule has 5 fully saturated rings. The van der Waals surface area contributed by atoms with Gasteiger partial charge < -0.3 is 10.0 Å². The van der Waals surface area contributed by atoms with Crippen molar-refractivity contribution in [2.24, 2.45) is 10.8 Å². The number of nitrogens with zero attached hydrogens (tertiary/aromatic N) is 6. The zero-order valence-electron chi connectivity index (χ0n) is 19.6. The van der Waals surface area contributed by atoms with Crippen molar-refractivity contribution in [3.05, 3.63) is 41.6 Å². The Labute approximate surface area is 197 Å². The second kappa shape index (κ2) is 5.95. The monoisotopic (exact) mass is 458 g/mol. The van der Waals surface area contributed by atoms with Gasteiger partial charge in [0.2, 0.25) is 0 Å². The van der Waals surface area contributed by atoms with Crippen LogP contribution in [0.2, 0.25) is 0 Å². The summed E-state index contributed by atoms with van der Waals surface area (Å²) in [5.41, 5.74) is -0.00699. The van der Waals surface area contributed by atoms with Crippen LogP contribution in [0.15, 0.2) is 24.4 Å². The second-order valence-corrected chi connectivity index (χ2v) is 11.6. The van der Waals surface area contributed by atoms with Gasteiger partial charge in [-0.15, -0.1) is 0 Å². The van der Waals surface area contributed by atoms with Crippen LogP contribution in [0, 0.1) is 34.9 Å². The molecule has 8 heteroatoms. The van der Waals surface area contributed by atoms with Crippen LogP contribution >= 0.6 is 0 Å². The molecule has 0 amide bonds. The molecule has 8 rings (SSSR count). The maximum Gasteiger partial charge on any atom is 0.159 e. The fraction of sp³-hybridized carbons (Fsp3) is 0.538. The van der Waals surface area contributed by atoms with Crippen molar-refractivity contribution in [3.8, 4) is 11.9 Å². The van der Waals surface area contributed by atoms with Gasteiger partial charge in [-0.2, -0.15) is 10.4 Å². The third-order valence-corrected chi connectivity index (χ3v) is 9.35. The molecule has 1 atom stereocenters. The number of aliphatic hydroxyl groups is 1. The van der Waals surface area contributed by atoms with Crippen LogP contribution in [0.5, 0.6) is 0 Å². The molecular formula is C26H27FN6O. The predicted molar refractivity (Wildman–Crippen MR) is 124 cm³/mol. The lowest BCUT2D eigenvalue weighted by atomic mass is 9.61. The molecule has 3 saturated carbocycles. The van der Waals surface area contributed by atoms with Crippen LogP contribution in [0.1, 0.15) is 57.3 Å². The Morgan fingerprint density at radius 3 is 2.53 bits per heavy atom. The molecule has 2 bridgehead atoms. The zero-order valence-corrected chi connectivity index (χ0v) is 19.6. The third-order valence-electron chi connectivity index (χ3n) is 9.35. The summed E-state index contributed by atoms with van der Waals surface area (Å²) in [6.45, 7) is 6.39. The molecule has 1 spiro atoms. The van der Waals surface area contributed by atoms with Crippen molar-refractivity contribution in [1.82, 2.24) is 19.7 Å². The number of rotatable bonds is 4. The standard InChI is InChI=1S/C26H27FN6O/c1-15-30-21(32-14-25(23(2,3)34)9-17(32)10-25)8-22(31-15)33-20-7-16(6-19(27)18(20)11-29-33)26(13-28)12-24(26)4-5-24/h6-8,11,17,34H,4-5,9-10,12,14H2,1-3H3/t17?,25?,26-/m0/s1. The van der Waals surface area contributed by atoms with E-state index in [2.05, 4.69) is 21.1 Å². The minimum atomic E-state index is -0.742. The van der Waals surface area contributed by atoms with E-state index in [1.54, 1.807) is 4.68 Å². The average molecular weight is 459 g/mol. The van der Waals surface area contributed by atoms with Crippen molar-refractivity contribution >= 4 is 16.7 Å². The summed E-state index contributed by atoms with van der Waals surface area (Å²) < 4.78 is 16.8. The molecule has 1 aromatic carbocycles. The molecule has 1 N–H and O–H groups in total. The van der Waals surface area contributed by atoms with Crippen molar-refractivity contribution < 1.29 is 9.50 Å². The smallest absolute Gasteiger partial charge is 0.159 e. The van der Waals surface area contributed by atoms with Gasteiger partial charge in [-0.25, -0.2) is 19.0 Å². The predicted octanol–water partition coefficient (Wildman–Crippen LogP) is 3.95. The number of hydrogen-bond acceptors (Lipinski definition) is 6. The summed E-state index contributed by atoms with van der Waals surface area (Å²) in [6.07, 6.45) is 6.32. The molecule has 0 radical (unpaired) electrons. The number of fused-ring (bicyclic) bond motifs is 2. The summed E-state index contributed by atoms with van der Waals surface area (Å²) in [6, 6.07) is 8.20. The molecule has 3 aliphatic carbocycles. The van der Waals surface area contributed by atoms with Gasteiger partial charge in [-0.05, 0) is 76.0 Å². The van der Waals surface area contributed by atoms with Crippen LogP contribution in [-0.2, 0) is 5.41 Å². The maximum absolute atomic E-state index is 15.1. The largest absolute Gasteiger partial charge is 0.390 e. The highest BCUT2D eigenvalue weighted by atomic mass is 19.1. The Hall–Kier alpha value is -3.05. The number of halogens is 1. The number of aryl methyl sites for hydroxylation is 1. The summed E-state index contributed by atoms with van der Waals surface area (Å²) in [7, 11) is 0. The molecule has 2 aliphatic heterocycles. The molecule has 5 aliphatic rings. The first kappa shape index (κ1) is 20.3. The SMILES string of the molecule is Cc1nc(N2CC3(C(C)(C)O)CC2C3)cc(-n2ncc3c(F)cc([C@@]4(C#N)CC45CC5)cc32)n1. The first-order chi connectivity index (χ1) is 16.1. The van der Waals surface area contributed by atoms with Gasteiger partial charge >= 0.3 is 0 Å². The summed E-state index contributed by atoms with van der Waals surface area (Å²) >= 11 is 0. The number of aromatic nitrogens is 4. The van der Waals surface area contributed by atoms with E-state index in [1.165, 1.54) is 12.3 Å². The van der Waals surface area contributed by atoms with Gasteiger partial charge in [0.1, 0.15) is 17.5 Å². The molecule has 2 aromatic heterocycles. The van der Waals surface area contributed by atoms with E-state index in [-0.39, 0.29) is 16.6 Å². The molecule has 34 heavy (non-hydrogen) atoms. The van der Waals surface area contributed by atoms with Gasteiger partial charge in [0, 0.05) is 24.1 Å². The molecular weight excluding hydrogens is 431 g/mol. The van der Waals surface area contributed by atoms with Crippen molar-refractivity contribution in [2.45, 2.75) is 69.9 Å². The van der Waals surface area contributed by atoms with Gasteiger partial charge in [0.15, 0.2) is 5.82 Å². The third kappa shape index (κ3) is 2.41. The summed E-state index contributed by atoms with van der Waals surface area (Å²) in [5.74, 6) is 1.65. The Kier molecular flexibility index (Phi) is 3.56. The Morgan fingerprint density at radius 2 is 1.91 bits per heavy atom. The minimum absolute atomic E-state index is 0.0540. The number of benzene rings is 1. The van der Waals surface area contributed by atoms with Crippen molar-refractivity contribution in [2.75, 3.05) is 11.4 Å². The average Bonchev–Trinajstić information content (AvgIpc) is 3.43. The quantitative estimate of drug-likeness (QED) is 0.637. The van der Waals surface area contributed by atoms with Gasteiger partial charge in [0.05, 0.1) is 34.2 Å². The van der Waals surface area contributed by atoms with Crippen LogP contribution in [0.25, 0.3) is 16.7 Å². The highest BCUT2D eigenvalue weighted by Crippen LogP contribution is 2.78. The van der Waals surface area contributed by atoms with Crippen LogP contribution in [0.4, 0.5) is 10.2 Å². The second-order valence-electron chi connectivity index (χ2n) is 11.6. The van der Waals surface area contributed by atoms with Crippen LogP contribution < -0.4 is 4.90 Å². The van der Waals surface area contributed by atoms with E-state index in [0.29, 0.717) is 28.6 Å². The van der Waals surface area contributed by atoms with E-state index >= 15 is 4.39 Å². The number of nitriles is 1. The summed E-state index contributed by atoms with van der Waals surface area (Å²) in [5, 5.41) is 25.6. The lowest BCUT2D eigenvalue weighted by Gasteiger charge is -2.45. The normalized spacial score (nSPS) is 30.5. The lowest BCUT2D eigenvalue weighted by molar-refractivity contribution is -0.0754. The lowest BCUT2D eigenvalue weighted by Crippen LogP contribution is -2.50. The summed E-state index contributed by atoms with van der Waals surface area (Å²) in [4.78, 5) is 11.6. The maximum atomic E-state index is 15.1. The molecule has 3 aromatic rings. The fourth-order valence-corrected chi connectivity index (χ4v) is 6.76. The zero-order chi connectivity index (χ0) is 23.7. The Bertz CT molecular complexity index is 1420. The van der Waals surface area contributed by atoms with Gasteiger partial charge in [-0.3, -0.25) is 0 Å². The molecule has 0 unspecified atom stereocenters. The topological polar surface area (TPSA) is 90.9 Å². The van der Waals surface area contributed by atoms with Gasteiger partial charge in [-0.1, -0.05) is 0 Å². The molecule has 4 heterocycles. The first-order valence-corrected chi connectivity index (χ1v) is 12.0. The van der Waals surface area contributed by atoms with E-state index in [4.69, 9.17) is 4.98 Å². The van der Waals surface area contributed by atoms with E-state index in [1.807, 2.05) is 32.9 Å². The highest BCUT2D eigenvalue weighted by molar-refractivity contribution is 5.82. The van der Waals surface area contributed by atoms with E-state index in [0.717, 1.165) is 50.0 Å². The first-order valence-electron chi connectivity index (χ1n) is 12.0. The fourth-order valence-electron chi connectivity index (χ4n) is 6.76. The highest BCUT2D eigenvalue weighted by Gasteiger charge is 2.75. The van der Waals surface area contributed by atoms with E-state index in [9.17, 15) is 10.4 Å². The molecule has 7 nitrogen and oxygen atoms in total. The Morgan fingerprint density at radius 1 is 1.18 bits per heavy atom. The number of anilines is 1. The van der Waals surface area contributed by atoms with Gasteiger partial charge in [0.25, 0.3) is 0 Å². The number of hydrogen-bond donors (Lipinski definition) is 1. The van der Waals surface area contributed by atoms with Crippen LogP contribution in [0.3, 0.4) is 0 Å². The van der Waals surface area contributed by atoms with Crippen molar-refractivity contribution in [1.29, 1.82) is 5.26 Å². The van der Waals surface area contributed by atoms with Crippen molar-refractivity contribution in [3.63, 3.8) is 0 Å². The minimum Gasteiger partial charge on any atom is -0.390 e. The molecule has 174 valence electrons. The van der Waals surface area contributed by atoms with E-state index < -0.39 is 11.0 Å².